The van der Waals surface area contributed by atoms with E-state index in [1.807, 2.05) is 0 Å². The molecular formula is C7H10ClO4. The number of hydrogen-bond donors (Lipinski definition) is 0. The molecule has 0 fully saturated rings. The van der Waals surface area contributed by atoms with Crippen LogP contribution >= 0.6 is 11.6 Å². The fourth-order valence-corrected chi connectivity index (χ4v) is 0.579. The lowest BCUT2D eigenvalue weighted by atomic mass is 10.4. The second-order valence-corrected chi connectivity index (χ2v) is 2.37. The monoisotopic (exact) mass is 193 g/mol. The first-order valence-electron chi connectivity index (χ1n) is 3.33. The SMILES string of the molecule is [CH2]C(=O)OC(C)C(=O)OCCCl. The smallest absolute Gasteiger partial charge is 0.347 e. The van der Waals surface area contributed by atoms with Crippen LogP contribution in [0.3, 0.4) is 0 Å². The van der Waals surface area contributed by atoms with Gasteiger partial charge in [0.1, 0.15) is 6.61 Å². The second kappa shape index (κ2) is 5.83. The Labute approximate surface area is 75.8 Å². The van der Waals surface area contributed by atoms with E-state index in [0.29, 0.717) is 0 Å². The predicted octanol–water partition coefficient (Wildman–Crippen LogP) is 0.534. The standard InChI is InChI=1S/C7H10ClO4/c1-5(12-6(2)9)7(10)11-4-3-8/h5H,2-4H2,1H3. The van der Waals surface area contributed by atoms with Gasteiger partial charge in [-0.25, -0.2) is 4.79 Å². The molecule has 0 rings (SSSR count). The van der Waals surface area contributed by atoms with Crippen LogP contribution < -0.4 is 0 Å². The number of carbonyl (C=O) groups is 2. The average Bonchev–Trinajstić information content (AvgIpc) is 1.98. The van der Waals surface area contributed by atoms with Crippen LogP contribution in [0.4, 0.5) is 0 Å². The van der Waals surface area contributed by atoms with Crippen LogP contribution in [0, 0.1) is 6.92 Å². The number of alkyl halides is 1. The molecule has 0 aromatic heterocycles. The summed E-state index contributed by atoms with van der Waals surface area (Å²) in [5.74, 6) is -1.16. The van der Waals surface area contributed by atoms with Crippen molar-refractivity contribution >= 4 is 23.5 Å². The van der Waals surface area contributed by atoms with Crippen molar-refractivity contribution in [3.8, 4) is 0 Å². The van der Waals surface area contributed by atoms with Crippen molar-refractivity contribution in [2.45, 2.75) is 13.0 Å². The molecule has 0 bridgehead atoms. The van der Waals surface area contributed by atoms with Crippen LogP contribution in [0.2, 0.25) is 0 Å². The van der Waals surface area contributed by atoms with Crippen LogP contribution in [-0.2, 0) is 19.1 Å². The van der Waals surface area contributed by atoms with E-state index in [1.165, 1.54) is 6.92 Å². The first kappa shape index (κ1) is 11.2. The molecule has 0 saturated heterocycles. The van der Waals surface area contributed by atoms with Crippen LogP contribution in [-0.4, -0.2) is 30.5 Å². The van der Waals surface area contributed by atoms with Gasteiger partial charge in [0.25, 0.3) is 0 Å². The number of halogens is 1. The maximum atomic E-state index is 10.9. The topological polar surface area (TPSA) is 52.6 Å². The summed E-state index contributed by atoms with van der Waals surface area (Å²) in [6, 6.07) is 0. The van der Waals surface area contributed by atoms with Gasteiger partial charge in [0, 0.05) is 0 Å². The molecule has 4 nitrogen and oxygen atoms in total. The minimum atomic E-state index is -0.918. The zero-order valence-corrected chi connectivity index (χ0v) is 7.47. The van der Waals surface area contributed by atoms with Crippen molar-refractivity contribution < 1.29 is 19.1 Å². The summed E-state index contributed by atoms with van der Waals surface area (Å²) in [7, 11) is 0. The highest BCUT2D eigenvalue weighted by molar-refractivity contribution is 6.18. The Kier molecular flexibility index (Phi) is 5.45. The summed E-state index contributed by atoms with van der Waals surface area (Å²) < 4.78 is 9.02. The molecule has 0 aliphatic heterocycles. The van der Waals surface area contributed by atoms with E-state index in [9.17, 15) is 9.59 Å². The summed E-state index contributed by atoms with van der Waals surface area (Å²) in [4.78, 5) is 21.1. The molecule has 0 spiro atoms. The maximum absolute atomic E-state index is 10.9. The molecule has 0 N–H and O–H groups in total. The minimum absolute atomic E-state index is 0.111. The largest absolute Gasteiger partial charge is 0.462 e. The van der Waals surface area contributed by atoms with Crippen molar-refractivity contribution in [2.75, 3.05) is 12.5 Å². The normalized spacial score (nSPS) is 11.9. The Morgan fingerprint density at radius 1 is 1.58 bits per heavy atom. The van der Waals surface area contributed by atoms with Gasteiger partial charge in [0.2, 0.25) is 0 Å². The van der Waals surface area contributed by atoms with E-state index in [1.54, 1.807) is 0 Å². The molecule has 1 unspecified atom stereocenters. The maximum Gasteiger partial charge on any atom is 0.347 e. The highest BCUT2D eigenvalue weighted by atomic mass is 35.5. The molecular weight excluding hydrogens is 184 g/mol. The first-order valence-corrected chi connectivity index (χ1v) is 3.86. The third-order valence-electron chi connectivity index (χ3n) is 0.962. The van der Waals surface area contributed by atoms with Crippen molar-refractivity contribution in [1.82, 2.24) is 0 Å². The van der Waals surface area contributed by atoms with Gasteiger partial charge in [-0.15, -0.1) is 11.6 Å². The van der Waals surface area contributed by atoms with E-state index in [0.717, 1.165) is 0 Å². The van der Waals surface area contributed by atoms with E-state index >= 15 is 0 Å². The van der Waals surface area contributed by atoms with Crippen LogP contribution in [0.15, 0.2) is 0 Å². The fourth-order valence-electron chi connectivity index (χ4n) is 0.502. The van der Waals surface area contributed by atoms with Gasteiger partial charge in [0.05, 0.1) is 12.8 Å². The number of esters is 2. The highest BCUT2D eigenvalue weighted by Gasteiger charge is 2.16. The van der Waals surface area contributed by atoms with E-state index in [2.05, 4.69) is 16.4 Å². The summed E-state index contributed by atoms with van der Waals surface area (Å²) in [6.45, 7) is 4.46. The van der Waals surface area contributed by atoms with Crippen molar-refractivity contribution in [3.05, 3.63) is 6.92 Å². The van der Waals surface area contributed by atoms with Gasteiger partial charge in [-0.2, -0.15) is 0 Å². The summed E-state index contributed by atoms with van der Waals surface area (Å²) >= 11 is 5.26. The van der Waals surface area contributed by atoms with Crippen molar-refractivity contribution in [1.29, 1.82) is 0 Å². The number of hydrogen-bond acceptors (Lipinski definition) is 4. The van der Waals surface area contributed by atoms with Gasteiger partial charge >= 0.3 is 11.9 Å². The molecule has 12 heavy (non-hydrogen) atoms. The molecule has 0 amide bonds. The van der Waals surface area contributed by atoms with Gasteiger partial charge < -0.3 is 9.47 Å². The van der Waals surface area contributed by atoms with Gasteiger partial charge in [-0.3, -0.25) is 4.79 Å². The summed E-state index contributed by atoms with van der Waals surface area (Å²) in [5.41, 5.74) is 0. The first-order chi connectivity index (χ1) is 5.57. The molecule has 1 atom stereocenters. The van der Waals surface area contributed by atoms with Crippen LogP contribution in [0.5, 0.6) is 0 Å². The van der Waals surface area contributed by atoms with E-state index < -0.39 is 18.0 Å². The van der Waals surface area contributed by atoms with Crippen LogP contribution in [0.1, 0.15) is 6.92 Å². The Hall–Kier alpha value is -0.770. The molecule has 1 radical (unpaired) electrons. The predicted molar refractivity (Wildman–Crippen MR) is 42.6 cm³/mol. The zero-order valence-electron chi connectivity index (χ0n) is 6.71. The lowest BCUT2D eigenvalue weighted by Gasteiger charge is -2.09. The third-order valence-corrected chi connectivity index (χ3v) is 1.12. The summed E-state index contributed by atoms with van der Waals surface area (Å²) in [5, 5.41) is 0. The van der Waals surface area contributed by atoms with Gasteiger partial charge in [-0.05, 0) is 6.92 Å². The van der Waals surface area contributed by atoms with Crippen molar-refractivity contribution in [3.63, 3.8) is 0 Å². The Morgan fingerprint density at radius 3 is 2.58 bits per heavy atom. The number of rotatable bonds is 4. The zero-order chi connectivity index (χ0) is 9.56. The highest BCUT2D eigenvalue weighted by Crippen LogP contribution is 1.95. The Bertz CT molecular complexity index is 169. The Morgan fingerprint density at radius 2 is 2.17 bits per heavy atom. The molecule has 0 aliphatic rings. The number of carbonyl (C=O) groups excluding carboxylic acids is 2. The van der Waals surface area contributed by atoms with Gasteiger partial charge in [0.15, 0.2) is 6.10 Å². The van der Waals surface area contributed by atoms with Crippen LogP contribution in [0.25, 0.3) is 0 Å². The molecule has 5 heteroatoms. The molecule has 0 saturated carbocycles. The molecule has 0 heterocycles. The second-order valence-electron chi connectivity index (χ2n) is 1.99. The molecule has 0 aliphatic carbocycles. The molecule has 69 valence electrons. The fraction of sp³-hybridized carbons (Fsp3) is 0.571. The van der Waals surface area contributed by atoms with Gasteiger partial charge in [-0.1, -0.05) is 0 Å². The Balaban J connectivity index is 3.69. The average molecular weight is 194 g/mol. The van der Waals surface area contributed by atoms with E-state index in [4.69, 9.17) is 11.6 Å². The lowest BCUT2D eigenvalue weighted by molar-refractivity contribution is -0.163. The third kappa shape index (κ3) is 4.96. The quantitative estimate of drug-likeness (QED) is 0.483. The van der Waals surface area contributed by atoms with Crippen molar-refractivity contribution in [2.24, 2.45) is 0 Å². The molecule has 0 aromatic rings. The minimum Gasteiger partial charge on any atom is -0.462 e. The lowest BCUT2D eigenvalue weighted by Crippen LogP contribution is -2.25. The van der Waals surface area contributed by atoms with E-state index in [-0.39, 0.29) is 12.5 Å². The molecule has 0 aromatic carbocycles. The summed E-state index contributed by atoms with van der Waals surface area (Å²) in [6.07, 6.45) is -0.918. The number of ether oxygens (including phenoxy) is 2.